The van der Waals surface area contributed by atoms with E-state index in [9.17, 15) is 9.59 Å². The van der Waals surface area contributed by atoms with Gasteiger partial charge in [0.25, 0.3) is 0 Å². The molecule has 2 aliphatic rings. The molecule has 0 spiro atoms. The number of nitrogens with one attached hydrogen (secondary N) is 4. The van der Waals surface area contributed by atoms with Crippen molar-refractivity contribution in [2.75, 3.05) is 51.1 Å². The Morgan fingerprint density at radius 1 is 0.929 bits per heavy atom. The first-order chi connectivity index (χ1) is 20.6. The fourth-order valence-corrected chi connectivity index (χ4v) is 5.75. The molecule has 1 amide bonds. The summed E-state index contributed by atoms with van der Waals surface area (Å²) in [6, 6.07) is 21.6. The molecule has 2 aromatic carbocycles. The maximum atomic E-state index is 12.7. The smallest absolute Gasteiger partial charge is 0.411 e. The van der Waals surface area contributed by atoms with Crippen LogP contribution in [0.15, 0.2) is 77.4 Å². The maximum Gasteiger partial charge on any atom is 0.411 e. The number of para-hydroxylation sites is 1. The predicted molar refractivity (Wildman–Crippen MR) is 164 cm³/mol. The summed E-state index contributed by atoms with van der Waals surface area (Å²) in [6.45, 7) is 6.28. The van der Waals surface area contributed by atoms with E-state index in [4.69, 9.17) is 9.15 Å². The third-order valence-corrected chi connectivity index (χ3v) is 8.18. The predicted octanol–water partition coefficient (Wildman–Crippen LogP) is 4.28. The Morgan fingerprint density at radius 3 is 2.50 bits per heavy atom. The number of carbonyl (C=O) groups excluding carboxylic acids is 2. The van der Waals surface area contributed by atoms with Crippen LogP contribution in [-0.2, 0) is 16.1 Å². The molecule has 1 aromatic heterocycles. The lowest BCUT2D eigenvalue weighted by Crippen LogP contribution is -2.49. The first-order valence-corrected chi connectivity index (χ1v) is 15.2. The summed E-state index contributed by atoms with van der Waals surface area (Å²) in [5.74, 6) is 1.71. The fraction of sp³-hybridized carbons (Fsp3) is 0.455. The standard InChI is InChI=1S/C33H43N5O4/c39-32(31-13-12-25(22-36-31)21-35-23-28-9-6-20-41-28)24-34-16-19-38-17-14-27(15-18-38)42-33(40)37-30-11-5-4-10-29(30)26-7-2-1-3-8-26/h1-11,20,25,27,31,34-36H,12-19,21-24H2,(H,37,40). The van der Waals surface area contributed by atoms with Gasteiger partial charge in [0, 0.05) is 31.7 Å². The number of ketones is 1. The number of carbonyl (C=O) groups is 2. The Morgan fingerprint density at radius 2 is 1.74 bits per heavy atom. The van der Waals surface area contributed by atoms with Crippen molar-refractivity contribution in [1.29, 1.82) is 0 Å². The van der Waals surface area contributed by atoms with Gasteiger partial charge >= 0.3 is 6.09 Å². The summed E-state index contributed by atoms with van der Waals surface area (Å²) in [6.07, 6.45) is 4.71. The van der Waals surface area contributed by atoms with Crippen molar-refractivity contribution < 1.29 is 18.7 Å². The summed E-state index contributed by atoms with van der Waals surface area (Å²) >= 11 is 0. The summed E-state index contributed by atoms with van der Waals surface area (Å²) in [7, 11) is 0. The first kappa shape index (κ1) is 30.0. The molecule has 42 heavy (non-hydrogen) atoms. The number of furan rings is 1. The minimum Gasteiger partial charge on any atom is -0.468 e. The number of ether oxygens (including phenoxy) is 1. The highest BCUT2D eigenvalue weighted by Crippen LogP contribution is 2.28. The molecule has 0 radical (unpaired) electrons. The van der Waals surface area contributed by atoms with Crippen LogP contribution in [0.1, 0.15) is 31.4 Å². The van der Waals surface area contributed by atoms with Crippen LogP contribution in [0.2, 0.25) is 0 Å². The van der Waals surface area contributed by atoms with Crippen LogP contribution in [0.3, 0.4) is 0 Å². The molecule has 224 valence electrons. The van der Waals surface area contributed by atoms with Gasteiger partial charge in [-0.3, -0.25) is 10.1 Å². The number of nitrogens with zero attached hydrogens (tertiary/aromatic N) is 1. The lowest BCUT2D eigenvalue weighted by molar-refractivity contribution is -0.120. The van der Waals surface area contributed by atoms with Crippen molar-refractivity contribution in [3.8, 4) is 11.1 Å². The summed E-state index contributed by atoms with van der Waals surface area (Å²) < 4.78 is 11.1. The van der Waals surface area contributed by atoms with E-state index in [0.717, 1.165) is 94.1 Å². The average molecular weight is 574 g/mol. The third kappa shape index (κ3) is 9.00. The Hall–Kier alpha value is -3.50. The van der Waals surface area contributed by atoms with Gasteiger partial charge in [-0.1, -0.05) is 48.5 Å². The van der Waals surface area contributed by atoms with Crippen molar-refractivity contribution >= 4 is 17.6 Å². The van der Waals surface area contributed by atoms with Crippen molar-refractivity contribution in [2.24, 2.45) is 5.92 Å². The minimum atomic E-state index is -0.412. The molecule has 2 atom stereocenters. The zero-order chi connectivity index (χ0) is 29.0. The fourth-order valence-electron chi connectivity index (χ4n) is 5.75. The second-order valence-corrected chi connectivity index (χ2v) is 11.2. The first-order valence-electron chi connectivity index (χ1n) is 15.2. The molecular weight excluding hydrogens is 530 g/mol. The topological polar surface area (TPSA) is 108 Å². The van der Waals surface area contributed by atoms with Crippen LogP contribution in [0.5, 0.6) is 0 Å². The Labute approximate surface area is 248 Å². The van der Waals surface area contributed by atoms with Crippen molar-refractivity contribution in [3.05, 3.63) is 78.8 Å². The van der Waals surface area contributed by atoms with E-state index in [1.807, 2.05) is 66.7 Å². The summed E-state index contributed by atoms with van der Waals surface area (Å²) in [5, 5.41) is 13.1. The van der Waals surface area contributed by atoms with Gasteiger partial charge in [0.1, 0.15) is 11.9 Å². The number of hydrogen-bond acceptors (Lipinski definition) is 8. The summed E-state index contributed by atoms with van der Waals surface area (Å²) in [4.78, 5) is 27.7. The highest BCUT2D eigenvalue weighted by atomic mass is 16.6. The van der Waals surface area contributed by atoms with E-state index in [0.29, 0.717) is 12.5 Å². The van der Waals surface area contributed by atoms with Crippen LogP contribution >= 0.6 is 0 Å². The maximum absolute atomic E-state index is 12.7. The largest absolute Gasteiger partial charge is 0.468 e. The Balaban J connectivity index is 0.922. The lowest BCUT2D eigenvalue weighted by Gasteiger charge is -2.32. The Kier molecular flexibility index (Phi) is 11.2. The van der Waals surface area contributed by atoms with Gasteiger partial charge in [0.05, 0.1) is 31.1 Å². The number of piperidine rings is 2. The molecule has 2 saturated heterocycles. The molecule has 2 aliphatic heterocycles. The molecule has 3 aromatic rings. The summed E-state index contributed by atoms with van der Waals surface area (Å²) in [5.41, 5.74) is 2.76. The minimum absolute atomic E-state index is 0.0578. The molecular formula is C33H43N5O4. The molecule has 0 aliphatic carbocycles. The second-order valence-electron chi connectivity index (χ2n) is 11.2. The monoisotopic (exact) mass is 573 g/mol. The van der Waals surface area contributed by atoms with Gasteiger partial charge in [0.15, 0.2) is 5.78 Å². The van der Waals surface area contributed by atoms with Crippen LogP contribution in [0.4, 0.5) is 10.5 Å². The van der Waals surface area contributed by atoms with Gasteiger partial charge in [0.2, 0.25) is 0 Å². The van der Waals surface area contributed by atoms with E-state index in [1.165, 1.54) is 0 Å². The number of hydrogen-bond donors (Lipinski definition) is 4. The highest BCUT2D eigenvalue weighted by molar-refractivity contribution is 5.91. The van der Waals surface area contributed by atoms with E-state index in [-0.39, 0.29) is 17.9 Å². The lowest BCUT2D eigenvalue weighted by atomic mass is 9.92. The van der Waals surface area contributed by atoms with Gasteiger partial charge in [-0.2, -0.15) is 0 Å². The van der Waals surface area contributed by atoms with Crippen molar-refractivity contribution in [1.82, 2.24) is 20.9 Å². The molecule has 9 nitrogen and oxygen atoms in total. The second kappa shape index (κ2) is 15.7. The normalized spacial score (nSPS) is 19.8. The SMILES string of the molecule is O=C(Nc1ccccc1-c1ccccc1)OC1CCN(CCNCC(=O)C2CCC(CNCc3ccco3)CN2)CC1. The number of benzene rings is 2. The van der Waals surface area contributed by atoms with Crippen molar-refractivity contribution in [3.63, 3.8) is 0 Å². The van der Waals surface area contributed by atoms with E-state index >= 15 is 0 Å². The van der Waals surface area contributed by atoms with Gasteiger partial charge in [-0.25, -0.2) is 4.79 Å². The highest BCUT2D eigenvalue weighted by Gasteiger charge is 2.26. The quantitative estimate of drug-likeness (QED) is 0.225. The van der Waals surface area contributed by atoms with Crippen molar-refractivity contribution in [2.45, 2.75) is 44.4 Å². The number of anilines is 1. The van der Waals surface area contributed by atoms with Crippen LogP contribution in [0.25, 0.3) is 11.1 Å². The molecule has 2 fully saturated rings. The Bertz CT molecular complexity index is 1240. The van der Waals surface area contributed by atoms with E-state index < -0.39 is 6.09 Å². The zero-order valence-electron chi connectivity index (χ0n) is 24.2. The molecule has 9 heteroatoms. The molecule has 5 rings (SSSR count). The molecule has 4 N–H and O–H groups in total. The van der Waals surface area contributed by atoms with Gasteiger partial charge in [-0.15, -0.1) is 0 Å². The third-order valence-electron chi connectivity index (χ3n) is 8.18. The van der Waals surface area contributed by atoms with Crippen LogP contribution < -0.4 is 21.3 Å². The van der Waals surface area contributed by atoms with Gasteiger partial charge in [-0.05, 0) is 68.5 Å². The zero-order valence-corrected chi connectivity index (χ0v) is 24.2. The average Bonchev–Trinajstić information content (AvgIpc) is 3.55. The van der Waals surface area contributed by atoms with Crippen LogP contribution in [-0.4, -0.2) is 74.7 Å². The number of likely N-dealkylation sites (tertiary alicyclic amines) is 1. The molecule has 0 bridgehead atoms. The van der Waals surface area contributed by atoms with E-state index in [2.05, 4.69) is 26.2 Å². The van der Waals surface area contributed by atoms with Crippen LogP contribution in [0, 0.1) is 5.92 Å². The number of Topliss-reactive ketones (excluding diaryl/α,β-unsaturated/α-hetero) is 1. The van der Waals surface area contributed by atoms with E-state index in [1.54, 1.807) is 6.26 Å². The molecule has 3 heterocycles. The molecule has 0 saturated carbocycles. The number of amides is 1. The van der Waals surface area contributed by atoms with Gasteiger partial charge < -0.3 is 30.0 Å². The number of rotatable bonds is 13. The molecule has 2 unspecified atom stereocenters.